The van der Waals surface area contributed by atoms with Gasteiger partial charge in [-0.15, -0.1) is 0 Å². The lowest BCUT2D eigenvalue weighted by molar-refractivity contribution is 0.569. The van der Waals surface area contributed by atoms with E-state index in [4.69, 9.17) is 0 Å². The second-order valence-corrected chi connectivity index (χ2v) is 19.5. The van der Waals surface area contributed by atoms with E-state index < -0.39 is 0 Å². The summed E-state index contributed by atoms with van der Waals surface area (Å²) in [7, 11) is 0. The van der Waals surface area contributed by atoms with Crippen molar-refractivity contribution >= 4 is 55.7 Å². The first kappa shape index (κ1) is 42.3. The Morgan fingerprint density at radius 1 is 0.258 bits per heavy atom. The van der Waals surface area contributed by atoms with Crippen molar-refractivity contribution in [1.29, 1.82) is 0 Å². The van der Waals surface area contributed by atoms with Crippen LogP contribution < -0.4 is 9.80 Å². The fourth-order valence-electron chi connectivity index (χ4n) is 9.35. The summed E-state index contributed by atoms with van der Waals surface area (Å²) in [6, 6.07) is 84.5. The maximum Gasteiger partial charge on any atom is 0.0619 e. The molecule has 10 aromatic carbocycles. The molecule has 10 rings (SSSR count). The summed E-state index contributed by atoms with van der Waals surface area (Å²) in [6.45, 7) is 14.0. The molecule has 0 unspecified atom stereocenters. The lowest BCUT2D eigenvalue weighted by Crippen LogP contribution is -2.16. The zero-order valence-electron chi connectivity index (χ0n) is 38.8. The molecule has 0 saturated heterocycles. The summed E-state index contributed by atoms with van der Waals surface area (Å²) < 4.78 is 0. The average molecular weight is 853 g/mol. The molecule has 0 amide bonds. The number of hydrogen-bond donors (Lipinski definition) is 0. The molecule has 0 aliphatic rings. The van der Waals surface area contributed by atoms with Crippen LogP contribution in [-0.4, -0.2) is 0 Å². The van der Waals surface area contributed by atoms with Crippen molar-refractivity contribution in [2.75, 3.05) is 9.80 Å². The van der Waals surface area contributed by atoms with Crippen molar-refractivity contribution in [1.82, 2.24) is 0 Å². The molecule has 0 radical (unpaired) electrons. The standard InChI is InChI=1S/C64H56N2/c1-63(2,3)50-40-49(41-51(44-50)64(4,5)6)61-57-38-32-48(46-24-14-8-15-25-46)43-60(57)62(58-39-33-47(42-59(58)61)45-22-12-7-13-23-45)66(54-30-20-11-21-31-54)56-36-34-55(35-37-56)65(52-26-16-9-17-27-52)53-28-18-10-19-29-53/h7-44H,1-6H3. The summed E-state index contributed by atoms with van der Waals surface area (Å²) in [5, 5.41) is 4.80. The van der Waals surface area contributed by atoms with Gasteiger partial charge in [0.1, 0.15) is 0 Å². The van der Waals surface area contributed by atoms with E-state index in [1.165, 1.54) is 66.1 Å². The Morgan fingerprint density at radius 3 is 1.06 bits per heavy atom. The SMILES string of the molecule is CC(C)(C)c1cc(-c2c3cc(-c4ccccc4)ccc3c(N(c3ccccc3)c3ccc(N(c4ccccc4)c4ccccc4)cc3)c3cc(-c4ccccc4)ccc23)cc(C(C)(C)C)c1. The average Bonchev–Trinajstić information content (AvgIpc) is 3.35. The van der Waals surface area contributed by atoms with Crippen LogP contribution >= 0.6 is 0 Å². The number of para-hydroxylation sites is 3. The smallest absolute Gasteiger partial charge is 0.0619 e. The van der Waals surface area contributed by atoms with E-state index in [1.807, 2.05) is 0 Å². The van der Waals surface area contributed by atoms with Gasteiger partial charge in [-0.3, -0.25) is 0 Å². The topological polar surface area (TPSA) is 6.48 Å². The van der Waals surface area contributed by atoms with Gasteiger partial charge < -0.3 is 9.80 Å². The second-order valence-electron chi connectivity index (χ2n) is 19.5. The van der Waals surface area contributed by atoms with Crippen LogP contribution in [0.25, 0.3) is 54.9 Å². The van der Waals surface area contributed by atoms with Crippen LogP contribution in [0, 0.1) is 0 Å². The van der Waals surface area contributed by atoms with Gasteiger partial charge in [-0.05, 0) is 139 Å². The van der Waals surface area contributed by atoms with Gasteiger partial charge in [-0.25, -0.2) is 0 Å². The third-order valence-electron chi connectivity index (χ3n) is 12.9. The normalized spacial score (nSPS) is 11.8. The molecular formula is C64H56N2. The van der Waals surface area contributed by atoms with Crippen molar-refractivity contribution < 1.29 is 0 Å². The van der Waals surface area contributed by atoms with Crippen LogP contribution in [0.5, 0.6) is 0 Å². The Hall–Kier alpha value is -7.68. The first-order valence-electron chi connectivity index (χ1n) is 23.2. The summed E-state index contributed by atoms with van der Waals surface area (Å²) >= 11 is 0. The minimum atomic E-state index is -0.0515. The van der Waals surface area contributed by atoms with Crippen molar-refractivity contribution in [3.05, 3.63) is 242 Å². The largest absolute Gasteiger partial charge is 0.311 e. The quantitative estimate of drug-likeness (QED) is 0.134. The van der Waals surface area contributed by atoms with Crippen LogP contribution in [0.3, 0.4) is 0 Å². The molecule has 0 aliphatic carbocycles. The highest BCUT2D eigenvalue weighted by atomic mass is 15.2. The maximum atomic E-state index is 2.48. The second kappa shape index (κ2) is 17.4. The minimum absolute atomic E-state index is 0.0515. The molecule has 0 N–H and O–H groups in total. The Bertz CT molecular complexity index is 3200. The highest BCUT2D eigenvalue weighted by molar-refractivity contribution is 6.23. The van der Waals surface area contributed by atoms with Gasteiger partial charge in [0, 0.05) is 39.2 Å². The van der Waals surface area contributed by atoms with Crippen LogP contribution in [0.1, 0.15) is 52.7 Å². The highest BCUT2D eigenvalue weighted by Gasteiger charge is 2.27. The molecule has 322 valence electrons. The Labute approximate surface area is 391 Å². The fourth-order valence-corrected chi connectivity index (χ4v) is 9.35. The lowest BCUT2D eigenvalue weighted by atomic mass is 9.77. The van der Waals surface area contributed by atoms with E-state index in [0.29, 0.717) is 0 Å². The van der Waals surface area contributed by atoms with Crippen molar-refractivity contribution in [2.24, 2.45) is 0 Å². The van der Waals surface area contributed by atoms with Gasteiger partial charge in [0.15, 0.2) is 0 Å². The number of nitrogens with zero attached hydrogens (tertiary/aromatic N) is 2. The van der Waals surface area contributed by atoms with Gasteiger partial charge in [0.05, 0.1) is 5.69 Å². The number of hydrogen-bond acceptors (Lipinski definition) is 2. The first-order valence-corrected chi connectivity index (χ1v) is 23.2. The van der Waals surface area contributed by atoms with Gasteiger partial charge >= 0.3 is 0 Å². The minimum Gasteiger partial charge on any atom is -0.311 e. The molecule has 0 heterocycles. The molecule has 0 fully saturated rings. The van der Waals surface area contributed by atoms with Crippen molar-refractivity contribution in [3.63, 3.8) is 0 Å². The first-order chi connectivity index (χ1) is 32.0. The monoisotopic (exact) mass is 852 g/mol. The fraction of sp³-hybridized carbons (Fsp3) is 0.125. The van der Waals surface area contributed by atoms with E-state index in [0.717, 1.165) is 34.1 Å². The molecule has 66 heavy (non-hydrogen) atoms. The maximum absolute atomic E-state index is 2.48. The number of fused-ring (bicyclic) bond motifs is 2. The van der Waals surface area contributed by atoms with E-state index in [-0.39, 0.29) is 10.8 Å². The molecule has 0 aliphatic heterocycles. The van der Waals surface area contributed by atoms with Crippen LogP contribution in [0.2, 0.25) is 0 Å². The molecule has 10 aromatic rings. The highest BCUT2D eigenvalue weighted by Crippen LogP contribution is 2.51. The van der Waals surface area contributed by atoms with Gasteiger partial charge in [0.2, 0.25) is 0 Å². The molecule has 2 nitrogen and oxygen atoms in total. The van der Waals surface area contributed by atoms with Crippen LogP contribution in [-0.2, 0) is 10.8 Å². The molecule has 0 saturated carbocycles. The predicted octanol–water partition coefficient (Wildman–Crippen LogP) is 18.5. The summed E-state index contributed by atoms with van der Waals surface area (Å²) in [5.41, 5.74) is 16.4. The van der Waals surface area contributed by atoms with Crippen molar-refractivity contribution in [2.45, 2.75) is 52.4 Å². The molecular weight excluding hydrogens is 797 g/mol. The molecule has 0 atom stereocenters. The van der Waals surface area contributed by atoms with E-state index in [2.05, 4.69) is 282 Å². The Morgan fingerprint density at radius 2 is 0.621 bits per heavy atom. The van der Waals surface area contributed by atoms with E-state index >= 15 is 0 Å². The van der Waals surface area contributed by atoms with Gasteiger partial charge in [0.25, 0.3) is 0 Å². The number of rotatable bonds is 9. The van der Waals surface area contributed by atoms with Crippen LogP contribution in [0.4, 0.5) is 34.1 Å². The molecule has 0 bridgehead atoms. The Balaban J connectivity index is 1.30. The summed E-state index contributed by atoms with van der Waals surface area (Å²) in [6.07, 6.45) is 0. The molecule has 2 heteroatoms. The van der Waals surface area contributed by atoms with E-state index in [1.54, 1.807) is 0 Å². The molecule has 0 spiro atoms. The third kappa shape index (κ3) is 8.28. The predicted molar refractivity (Wildman–Crippen MR) is 285 cm³/mol. The van der Waals surface area contributed by atoms with Crippen molar-refractivity contribution in [3.8, 4) is 33.4 Å². The van der Waals surface area contributed by atoms with Gasteiger partial charge in [-0.2, -0.15) is 0 Å². The number of benzene rings is 10. The summed E-state index contributed by atoms with van der Waals surface area (Å²) in [5.74, 6) is 0. The van der Waals surface area contributed by atoms with Crippen LogP contribution in [0.15, 0.2) is 231 Å². The van der Waals surface area contributed by atoms with E-state index in [9.17, 15) is 0 Å². The Kier molecular flexibility index (Phi) is 11.1. The third-order valence-corrected chi connectivity index (χ3v) is 12.9. The zero-order chi connectivity index (χ0) is 45.4. The number of anilines is 6. The van der Waals surface area contributed by atoms with Gasteiger partial charge in [-0.1, -0.05) is 199 Å². The molecule has 0 aromatic heterocycles. The lowest BCUT2D eigenvalue weighted by Gasteiger charge is -2.31. The zero-order valence-corrected chi connectivity index (χ0v) is 38.8. The summed E-state index contributed by atoms with van der Waals surface area (Å²) in [4.78, 5) is 4.81.